The van der Waals surface area contributed by atoms with Gasteiger partial charge < -0.3 is 18.8 Å². The van der Waals surface area contributed by atoms with E-state index in [1.54, 1.807) is 12.1 Å². The first-order valence-corrected chi connectivity index (χ1v) is 12.6. The third-order valence-electron chi connectivity index (χ3n) is 5.53. The Kier molecular flexibility index (Phi) is 7.84. The number of benzene rings is 3. The average molecular weight is 484 g/mol. The van der Waals surface area contributed by atoms with Crippen molar-refractivity contribution in [3.8, 4) is 5.75 Å². The number of hydrogen-bond donors (Lipinski definition) is 0. The summed E-state index contributed by atoms with van der Waals surface area (Å²) in [6.45, 7) is 3.59. The van der Waals surface area contributed by atoms with E-state index in [4.69, 9.17) is 18.4 Å². The van der Waals surface area contributed by atoms with E-state index in [0.29, 0.717) is 26.4 Å². The minimum absolute atomic E-state index is 0.0457. The maximum absolute atomic E-state index is 12.1. The van der Waals surface area contributed by atoms with Gasteiger partial charge in [-0.25, -0.2) is 0 Å². The Morgan fingerprint density at radius 1 is 0.735 bits per heavy atom. The van der Waals surface area contributed by atoms with Gasteiger partial charge in [0.2, 0.25) is 0 Å². The number of fused-ring (bicyclic) bond motifs is 3. The average Bonchev–Trinajstić information content (AvgIpc) is 3.12. The highest BCUT2D eigenvalue weighted by Crippen LogP contribution is 2.30. The van der Waals surface area contributed by atoms with Crippen molar-refractivity contribution < 1.29 is 26.8 Å². The molecule has 0 bridgehead atoms. The Bertz CT molecular complexity index is 1350. The zero-order chi connectivity index (χ0) is 24.0. The van der Waals surface area contributed by atoms with Crippen molar-refractivity contribution in [3.05, 3.63) is 72.3 Å². The van der Waals surface area contributed by atoms with Crippen LogP contribution in [0.4, 0.5) is 0 Å². The second kappa shape index (κ2) is 11.0. The highest BCUT2D eigenvalue weighted by atomic mass is 32.2. The van der Waals surface area contributed by atoms with Gasteiger partial charge in [-0.2, -0.15) is 8.42 Å². The Morgan fingerprint density at radius 3 is 2.15 bits per heavy atom. The van der Waals surface area contributed by atoms with E-state index >= 15 is 0 Å². The molecule has 7 nitrogen and oxygen atoms in total. The zero-order valence-electron chi connectivity index (χ0n) is 19.4. The van der Waals surface area contributed by atoms with E-state index < -0.39 is 10.1 Å². The summed E-state index contributed by atoms with van der Waals surface area (Å²) >= 11 is 0. The molecule has 0 amide bonds. The summed E-state index contributed by atoms with van der Waals surface area (Å²) in [6, 6.07) is 21.0. The second-order valence-corrected chi connectivity index (χ2v) is 9.53. The first kappa shape index (κ1) is 24.2. The maximum atomic E-state index is 12.1. The molecule has 34 heavy (non-hydrogen) atoms. The fraction of sp³-hybridized carbons (Fsp3) is 0.308. The van der Waals surface area contributed by atoms with Crippen molar-refractivity contribution in [1.29, 1.82) is 0 Å². The van der Waals surface area contributed by atoms with E-state index in [-0.39, 0.29) is 18.1 Å². The molecule has 4 aromatic rings. The van der Waals surface area contributed by atoms with Gasteiger partial charge in [-0.15, -0.1) is 0 Å². The van der Waals surface area contributed by atoms with Crippen LogP contribution in [0.25, 0.3) is 21.8 Å². The first-order chi connectivity index (χ1) is 16.5. The van der Waals surface area contributed by atoms with Crippen LogP contribution < -0.4 is 4.74 Å². The van der Waals surface area contributed by atoms with Crippen molar-refractivity contribution >= 4 is 31.9 Å². The topological polar surface area (TPSA) is 76.0 Å². The number of ether oxygens (including phenoxy) is 3. The summed E-state index contributed by atoms with van der Waals surface area (Å²) in [5.74, 6) is 0.796. The third-order valence-corrected chi connectivity index (χ3v) is 6.86. The molecule has 0 unspecified atom stereocenters. The molecule has 0 radical (unpaired) electrons. The molecule has 0 aliphatic heterocycles. The molecule has 1 heterocycles. The van der Waals surface area contributed by atoms with E-state index in [1.165, 1.54) is 28.4 Å². The molecule has 0 saturated carbocycles. The standard InChI is InChI=1S/C26H29NO6S/c1-20-7-10-22(11-8-20)34(28,29)33-18-16-31-14-13-30-15-17-32-21-9-12-24-23-5-3-4-6-25(23)27(2)26(24)19-21/h3-12,19H,13-18H2,1-2H3. The number of rotatable bonds is 12. The van der Waals surface area contributed by atoms with E-state index in [0.717, 1.165) is 16.8 Å². The molecule has 0 fully saturated rings. The van der Waals surface area contributed by atoms with Gasteiger partial charge in [0.15, 0.2) is 0 Å². The third kappa shape index (κ3) is 5.77. The van der Waals surface area contributed by atoms with Crippen molar-refractivity contribution in [1.82, 2.24) is 4.57 Å². The lowest BCUT2D eigenvalue weighted by Gasteiger charge is -2.09. The van der Waals surface area contributed by atoms with Crippen LogP contribution in [0.15, 0.2) is 71.6 Å². The van der Waals surface area contributed by atoms with Gasteiger partial charge >= 0.3 is 0 Å². The van der Waals surface area contributed by atoms with Crippen LogP contribution in [0.2, 0.25) is 0 Å². The molecular formula is C26H29NO6S. The van der Waals surface area contributed by atoms with E-state index in [1.807, 2.05) is 31.2 Å². The monoisotopic (exact) mass is 483 g/mol. The highest BCUT2D eigenvalue weighted by Gasteiger charge is 2.14. The lowest BCUT2D eigenvalue weighted by molar-refractivity contribution is 0.0279. The molecule has 4 rings (SSSR count). The van der Waals surface area contributed by atoms with Crippen LogP contribution in [0.5, 0.6) is 5.75 Å². The van der Waals surface area contributed by atoms with Gasteiger partial charge in [0, 0.05) is 29.4 Å². The van der Waals surface area contributed by atoms with Crippen molar-refractivity contribution in [3.63, 3.8) is 0 Å². The van der Waals surface area contributed by atoms with Crippen LogP contribution in [-0.2, 0) is 30.8 Å². The van der Waals surface area contributed by atoms with Crippen LogP contribution in [0, 0.1) is 6.92 Å². The number of para-hydroxylation sites is 1. The lowest BCUT2D eigenvalue weighted by atomic mass is 10.1. The number of nitrogens with zero attached hydrogens (tertiary/aromatic N) is 1. The SMILES string of the molecule is Cc1ccc(S(=O)(=O)OCCOCCOCCOc2ccc3c4ccccc4n(C)c3c2)cc1. The van der Waals surface area contributed by atoms with Crippen LogP contribution in [0.3, 0.4) is 0 Å². The van der Waals surface area contributed by atoms with Crippen molar-refractivity contribution in [2.24, 2.45) is 7.05 Å². The second-order valence-electron chi connectivity index (χ2n) is 7.92. The predicted molar refractivity (Wildman–Crippen MR) is 132 cm³/mol. The molecule has 0 aliphatic carbocycles. The molecule has 0 N–H and O–H groups in total. The number of hydrogen-bond acceptors (Lipinski definition) is 6. The molecule has 8 heteroatoms. The Balaban J connectivity index is 1.11. The van der Waals surface area contributed by atoms with Crippen LogP contribution in [-0.4, -0.2) is 52.6 Å². The Morgan fingerprint density at radius 2 is 1.38 bits per heavy atom. The zero-order valence-corrected chi connectivity index (χ0v) is 20.2. The summed E-state index contributed by atoms with van der Waals surface area (Å²) in [5.41, 5.74) is 3.30. The molecule has 3 aromatic carbocycles. The molecule has 1 aromatic heterocycles. The summed E-state index contributed by atoms with van der Waals surface area (Å²) in [4.78, 5) is 0.140. The van der Waals surface area contributed by atoms with Gasteiger partial charge in [-0.05, 0) is 37.3 Å². The lowest BCUT2D eigenvalue weighted by Crippen LogP contribution is -2.14. The van der Waals surface area contributed by atoms with Crippen molar-refractivity contribution in [2.45, 2.75) is 11.8 Å². The number of aromatic nitrogens is 1. The molecular weight excluding hydrogens is 454 g/mol. The van der Waals surface area contributed by atoms with Gasteiger partial charge in [0.25, 0.3) is 10.1 Å². The number of aryl methyl sites for hydroxylation is 2. The maximum Gasteiger partial charge on any atom is 0.297 e. The predicted octanol–water partition coefficient (Wildman–Crippen LogP) is 4.46. The molecule has 180 valence electrons. The minimum atomic E-state index is -3.76. The fourth-order valence-electron chi connectivity index (χ4n) is 3.75. The molecule has 0 aliphatic rings. The first-order valence-electron chi connectivity index (χ1n) is 11.2. The summed E-state index contributed by atoms with van der Waals surface area (Å²) in [7, 11) is -1.71. The van der Waals surface area contributed by atoms with Gasteiger partial charge in [0.05, 0.1) is 43.4 Å². The largest absolute Gasteiger partial charge is 0.491 e. The minimum Gasteiger partial charge on any atom is -0.491 e. The normalized spacial score (nSPS) is 11.9. The van der Waals surface area contributed by atoms with Crippen molar-refractivity contribution in [2.75, 3.05) is 39.6 Å². The van der Waals surface area contributed by atoms with Gasteiger partial charge in [-0.3, -0.25) is 4.18 Å². The van der Waals surface area contributed by atoms with Gasteiger partial charge in [-0.1, -0.05) is 35.9 Å². The Labute approximate surface area is 199 Å². The molecule has 0 atom stereocenters. The fourth-order valence-corrected chi connectivity index (χ4v) is 4.64. The molecule has 0 spiro atoms. The van der Waals surface area contributed by atoms with Crippen LogP contribution in [0.1, 0.15) is 5.56 Å². The summed E-state index contributed by atoms with van der Waals surface area (Å²) < 4.78 is 48.1. The quantitative estimate of drug-likeness (QED) is 0.219. The smallest absolute Gasteiger partial charge is 0.297 e. The van der Waals surface area contributed by atoms with E-state index in [2.05, 4.69) is 29.8 Å². The Hall–Kier alpha value is -2.91. The summed E-state index contributed by atoms with van der Waals surface area (Å²) in [6.07, 6.45) is 0. The van der Waals surface area contributed by atoms with Crippen LogP contribution >= 0.6 is 0 Å². The van der Waals surface area contributed by atoms with Gasteiger partial charge in [0.1, 0.15) is 12.4 Å². The molecule has 0 saturated heterocycles. The highest BCUT2D eigenvalue weighted by molar-refractivity contribution is 7.86. The van der Waals surface area contributed by atoms with E-state index in [9.17, 15) is 8.42 Å². The summed E-state index contributed by atoms with van der Waals surface area (Å²) in [5, 5.41) is 2.43.